The molecule has 2 aromatic heterocycles. The van der Waals surface area contributed by atoms with E-state index in [-0.39, 0.29) is 5.75 Å². The first-order valence-corrected chi connectivity index (χ1v) is 4.92. The van der Waals surface area contributed by atoms with Crippen molar-refractivity contribution in [2.75, 3.05) is 5.73 Å². The van der Waals surface area contributed by atoms with Crippen LogP contribution in [0.1, 0.15) is 5.69 Å². The van der Waals surface area contributed by atoms with Gasteiger partial charge < -0.3 is 10.8 Å². The molecule has 5 heteroatoms. The van der Waals surface area contributed by atoms with Gasteiger partial charge in [-0.05, 0) is 13.0 Å². The van der Waals surface area contributed by atoms with E-state index in [0.29, 0.717) is 11.4 Å². The number of nitrogens with zero attached hydrogens (tertiary/aromatic N) is 2. The predicted octanol–water partition coefficient (Wildman–Crippen LogP) is 1.80. The van der Waals surface area contributed by atoms with E-state index in [9.17, 15) is 5.11 Å². The van der Waals surface area contributed by atoms with Crippen molar-refractivity contribution >= 4 is 17.0 Å². The summed E-state index contributed by atoms with van der Waals surface area (Å²) in [6.45, 7) is 1.92. The SMILES string of the molecule is Cc1csc(-c2cc(N)c(O)cn2)n1. The van der Waals surface area contributed by atoms with Crippen LogP contribution >= 0.6 is 11.3 Å². The van der Waals surface area contributed by atoms with Crippen molar-refractivity contribution in [1.82, 2.24) is 9.97 Å². The quantitative estimate of drug-likeness (QED) is 0.748. The molecular weight excluding hydrogens is 198 g/mol. The van der Waals surface area contributed by atoms with Gasteiger partial charge >= 0.3 is 0 Å². The number of nitrogen functional groups attached to an aromatic ring is 1. The summed E-state index contributed by atoms with van der Waals surface area (Å²) in [4.78, 5) is 8.31. The van der Waals surface area contributed by atoms with Gasteiger partial charge in [0.15, 0.2) is 5.75 Å². The zero-order valence-electron chi connectivity index (χ0n) is 7.56. The lowest BCUT2D eigenvalue weighted by molar-refractivity contribution is 0.475. The van der Waals surface area contributed by atoms with Crippen LogP contribution in [0.3, 0.4) is 0 Å². The molecule has 0 spiro atoms. The number of aromatic hydroxyl groups is 1. The Labute approximate surface area is 85.1 Å². The molecule has 72 valence electrons. The molecule has 0 radical (unpaired) electrons. The molecule has 0 saturated carbocycles. The number of hydrogen-bond acceptors (Lipinski definition) is 5. The highest BCUT2D eigenvalue weighted by atomic mass is 32.1. The molecule has 14 heavy (non-hydrogen) atoms. The monoisotopic (exact) mass is 207 g/mol. The zero-order chi connectivity index (χ0) is 10.1. The fourth-order valence-corrected chi connectivity index (χ4v) is 1.82. The van der Waals surface area contributed by atoms with Gasteiger partial charge in [0.05, 0.1) is 11.9 Å². The van der Waals surface area contributed by atoms with Gasteiger partial charge in [-0.25, -0.2) is 9.97 Å². The van der Waals surface area contributed by atoms with Crippen molar-refractivity contribution in [1.29, 1.82) is 0 Å². The Morgan fingerprint density at radius 3 is 2.86 bits per heavy atom. The van der Waals surface area contributed by atoms with Crippen molar-refractivity contribution in [3.63, 3.8) is 0 Å². The number of thiazole rings is 1. The highest BCUT2D eigenvalue weighted by molar-refractivity contribution is 7.13. The van der Waals surface area contributed by atoms with E-state index in [4.69, 9.17) is 5.73 Å². The Kier molecular flexibility index (Phi) is 2.09. The molecule has 0 aliphatic rings. The number of nitrogens with two attached hydrogens (primary N) is 1. The highest BCUT2D eigenvalue weighted by Gasteiger charge is 2.06. The summed E-state index contributed by atoms with van der Waals surface area (Å²) in [7, 11) is 0. The van der Waals surface area contributed by atoms with Crippen LogP contribution in [0.4, 0.5) is 5.69 Å². The van der Waals surface area contributed by atoms with Crippen LogP contribution in [-0.2, 0) is 0 Å². The molecule has 0 aliphatic carbocycles. The van der Waals surface area contributed by atoms with Gasteiger partial charge in [0.1, 0.15) is 10.7 Å². The van der Waals surface area contributed by atoms with Gasteiger partial charge in [0.2, 0.25) is 0 Å². The lowest BCUT2D eigenvalue weighted by atomic mass is 10.3. The summed E-state index contributed by atoms with van der Waals surface area (Å²) in [5.41, 5.74) is 7.52. The fourth-order valence-electron chi connectivity index (χ4n) is 1.05. The number of aromatic nitrogens is 2. The molecule has 3 N–H and O–H groups in total. The second kappa shape index (κ2) is 3.26. The van der Waals surface area contributed by atoms with Crippen LogP contribution in [0.25, 0.3) is 10.7 Å². The van der Waals surface area contributed by atoms with Crippen molar-refractivity contribution in [3.05, 3.63) is 23.3 Å². The average molecular weight is 207 g/mol. The number of rotatable bonds is 1. The number of aryl methyl sites for hydroxylation is 1. The molecular formula is C9H9N3OS. The van der Waals surface area contributed by atoms with E-state index in [1.54, 1.807) is 6.07 Å². The first-order chi connectivity index (χ1) is 6.66. The first-order valence-electron chi connectivity index (χ1n) is 4.04. The largest absolute Gasteiger partial charge is 0.504 e. The molecule has 0 fully saturated rings. The highest BCUT2D eigenvalue weighted by Crippen LogP contribution is 2.26. The molecule has 0 aromatic carbocycles. The lowest BCUT2D eigenvalue weighted by Gasteiger charge is -1.99. The second-order valence-electron chi connectivity index (χ2n) is 2.92. The Morgan fingerprint density at radius 1 is 1.50 bits per heavy atom. The molecule has 2 rings (SSSR count). The summed E-state index contributed by atoms with van der Waals surface area (Å²) in [5, 5.41) is 11.9. The Morgan fingerprint density at radius 2 is 2.29 bits per heavy atom. The van der Waals surface area contributed by atoms with Crippen molar-refractivity contribution < 1.29 is 5.11 Å². The zero-order valence-corrected chi connectivity index (χ0v) is 8.38. The summed E-state index contributed by atoms with van der Waals surface area (Å²) < 4.78 is 0. The minimum absolute atomic E-state index is 0.00188. The van der Waals surface area contributed by atoms with E-state index in [2.05, 4.69) is 9.97 Å². The van der Waals surface area contributed by atoms with E-state index < -0.39 is 0 Å². The maximum absolute atomic E-state index is 9.19. The molecule has 2 heterocycles. The van der Waals surface area contributed by atoms with Crippen molar-refractivity contribution in [3.8, 4) is 16.5 Å². The van der Waals surface area contributed by atoms with Crippen LogP contribution < -0.4 is 5.73 Å². The fraction of sp³-hybridized carbons (Fsp3) is 0.111. The molecule has 0 unspecified atom stereocenters. The van der Waals surface area contributed by atoms with Gasteiger partial charge in [-0.2, -0.15) is 0 Å². The average Bonchev–Trinajstić information content (AvgIpc) is 2.57. The third-order valence-corrected chi connectivity index (χ3v) is 2.73. The lowest BCUT2D eigenvalue weighted by Crippen LogP contribution is -1.89. The van der Waals surface area contributed by atoms with Gasteiger partial charge in [0.25, 0.3) is 0 Å². The standard InChI is InChI=1S/C9H9N3OS/c1-5-4-14-9(12-5)7-2-6(10)8(13)3-11-7/h2-4,13H,1H3,(H2,10,11). The minimum atomic E-state index is 0.00188. The van der Waals surface area contributed by atoms with Crippen molar-refractivity contribution in [2.24, 2.45) is 0 Å². The second-order valence-corrected chi connectivity index (χ2v) is 3.78. The van der Waals surface area contributed by atoms with Gasteiger partial charge in [-0.15, -0.1) is 11.3 Å². The van der Waals surface area contributed by atoms with E-state index in [0.717, 1.165) is 10.7 Å². The molecule has 0 saturated heterocycles. The smallest absolute Gasteiger partial charge is 0.156 e. The maximum atomic E-state index is 9.19. The molecule has 0 bridgehead atoms. The third kappa shape index (κ3) is 1.54. The number of hydrogen-bond donors (Lipinski definition) is 2. The van der Waals surface area contributed by atoms with E-state index >= 15 is 0 Å². The van der Waals surface area contributed by atoms with E-state index in [1.165, 1.54) is 17.5 Å². The van der Waals surface area contributed by atoms with Crippen LogP contribution in [0.2, 0.25) is 0 Å². The molecule has 2 aromatic rings. The number of anilines is 1. The van der Waals surface area contributed by atoms with Gasteiger partial charge in [-0.1, -0.05) is 0 Å². The summed E-state index contributed by atoms with van der Waals surface area (Å²) in [5.74, 6) is 0.00188. The predicted molar refractivity (Wildman–Crippen MR) is 56.2 cm³/mol. The Hall–Kier alpha value is -1.62. The first kappa shape index (κ1) is 8.96. The Bertz CT molecular complexity index is 467. The topological polar surface area (TPSA) is 72.0 Å². The minimum Gasteiger partial charge on any atom is -0.504 e. The molecule has 0 amide bonds. The normalized spacial score (nSPS) is 10.4. The van der Waals surface area contributed by atoms with E-state index in [1.807, 2.05) is 12.3 Å². The van der Waals surface area contributed by atoms with Crippen molar-refractivity contribution in [2.45, 2.75) is 6.92 Å². The van der Waals surface area contributed by atoms with Crippen LogP contribution in [-0.4, -0.2) is 15.1 Å². The molecule has 4 nitrogen and oxygen atoms in total. The molecule has 0 aliphatic heterocycles. The van der Waals surface area contributed by atoms with Crippen LogP contribution in [0, 0.1) is 6.92 Å². The van der Waals surface area contributed by atoms with Crippen LogP contribution in [0.15, 0.2) is 17.6 Å². The summed E-state index contributed by atoms with van der Waals surface area (Å²) in [6, 6.07) is 1.62. The third-order valence-electron chi connectivity index (χ3n) is 1.75. The maximum Gasteiger partial charge on any atom is 0.156 e. The number of pyridine rings is 1. The summed E-state index contributed by atoms with van der Waals surface area (Å²) >= 11 is 1.51. The van der Waals surface area contributed by atoms with Gasteiger partial charge in [-0.3, -0.25) is 0 Å². The Balaban J connectivity index is 2.47. The van der Waals surface area contributed by atoms with Crippen LogP contribution in [0.5, 0.6) is 5.75 Å². The van der Waals surface area contributed by atoms with Gasteiger partial charge in [0, 0.05) is 11.1 Å². The molecule has 0 atom stereocenters. The summed E-state index contributed by atoms with van der Waals surface area (Å²) in [6.07, 6.45) is 1.33.